The van der Waals surface area contributed by atoms with Crippen LogP contribution in [0, 0.1) is 0 Å². The second kappa shape index (κ2) is 7.06. The number of phenols is 1. The third kappa shape index (κ3) is 3.43. The van der Waals surface area contributed by atoms with Gasteiger partial charge in [-0.05, 0) is 48.0 Å². The molecule has 5 heteroatoms. The lowest BCUT2D eigenvalue weighted by Crippen LogP contribution is -2.10. The van der Waals surface area contributed by atoms with Crippen molar-refractivity contribution in [2.45, 2.75) is 6.42 Å². The number of hydrogen-bond acceptors (Lipinski definition) is 3. The summed E-state index contributed by atoms with van der Waals surface area (Å²) in [6.45, 7) is 0. The Morgan fingerprint density at radius 3 is 2.31 bits per heavy atom. The molecular formula is C21H14BrClN2O. The predicted molar refractivity (Wildman–Crippen MR) is 111 cm³/mol. The van der Waals surface area contributed by atoms with Crippen LogP contribution in [0.2, 0.25) is 5.02 Å². The van der Waals surface area contributed by atoms with Crippen molar-refractivity contribution >= 4 is 50.3 Å². The number of para-hydroxylation sites is 2. The largest absolute Gasteiger partial charge is 0.507 e. The minimum atomic E-state index is 0.154. The van der Waals surface area contributed by atoms with Crippen LogP contribution in [0.3, 0.4) is 0 Å². The molecule has 0 amide bonds. The van der Waals surface area contributed by atoms with E-state index in [-0.39, 0.29) is 5.75 Å². The number of phenolic OH excluding ortho intramolecular Hbond substituents is 1. The Bertz CT molecular complexity index is 1060. The van der Waals surface area contributed by atoms with Crippen molar-refractivity contribution in [3.8, 4) is 5.75 Å². The Morgan fingerprint density at radius 1 is 0.846 bits per heavy atom. The Morgan fingerprint density at radius 2 is 1.58 bits per heavy atom. The molecule has 0 aliphatic carbocycles. The first-order valence-electron chi connectivity index (χ1n) is 8.09. The van der Waals surface area contributed by atoms with Gasteiger partial charge in [0.2, 0.25) is 0 Å². The fraction of sp³-hybridized carbons (Fsp3) is 0.0476. The van der Waals surface area contributed by atoms with Crippen LogP contribution in [0.5, 0.6) is 5.75 Å². The van der Waals surface area contributed by atoms with Gasteiger partial charge in [-0.1, -0.05) is 51.8 Å². The highest BCUT2D eigenvalue weighted by atomic mass is 79.9. The molecule has 0 saturated heterocycles. The van der Waals surface area contributed by atoms with Gasteiger partial charge in [0.15, 0.2) is 0 Å². The zero-order valence-corrected chi connectivity index (χ0v) is 16.0. The van der Waals surface area contributed by atoms with Crippen molar-refractivity contribution in [2.75, 3.05) is 0 Å². The number of benzene rings is 3. The van der Waals surface area contributed by atoms with Gasteiger partial charge in [-0.25, -0.2) is 0 Å². The quantitative estimate of drug-likeness (QED) is 0.503. The molecule has 4 rings (SSSR count). The Balaban J connectivity index is 1.90. The molecule has 1 N–H and O–H groups in total. The van der Waals surface area contributed by atoms with E-state index < -0.39 is 0 Å². The van der Waals surface area contributed by atoms with Gasteiger partial charge in [-0.3, -0.25) is 9.98 Å². The lowest BCUT2D eigenvalue weighted by atomic mass is 9.99. The fourth-order valence-electron chi connectivity index (χ4n) is 2.91. The van der Waals surface area contributed by atoms with Crippen LogP contribution in [-0.2, 0) is 0 Å². The highest BCUT2D eigenvalue weighted by Crippen LogP contribution is 2.34. The third-order valence-electron chi connectivity index (χ3n) is 4.15. The van der Waals surface area contributed by atoms with Crippen LogP contribution in [0.25, 0.3) is 0 Å². The number of nitrogens with zero attached hydrogens (tertiary/aromatic N) is 2. The van der Waals surface area contributed by atoms with Gasteiger partial charge in [0.1, 0.15) is 5.75 Å². The van der Waals surface area contributed by atoms with Gasteiger partial charge in [0.25, 0.3) is 0 Å². The number of hydrogen-bond donors (Lipinski definition) is 1. The molecule has 0 fully saturated rings. The van der Waals surface area contributed by atoms with E-state index in [4.69, 9.17) is 21.6 Å². The SMILES string of the molecule is Oc1ccc(Cl)cc1C1=Nc2ccccc2N=C(c2cccc(Br)c2)C1. The second-order valence-corrected chi connectivity index (χ2v) is 7.31. The predicted octanol–water partition coefficient (Wildman–Crippen LogP) is 6.45. The summed E-state index contributed by atoms with van der Waals surface area (Å²) in [6.07, 6.45) is 0.485. The Kier molecular flexibility index (Phi) is 4.62. The van der Waals surface area contributed by atoms with Gasteiger partial charge < -0.3 is 5.11 Å². The van der Waals surface area contributed by atoms with Crippen LogP contribution >= 0.6 is 27.5 Å². The normalized spacial score (nSPS) is 13.5. The van der Waals surface area contributed by atoms with Gasteiger partial charge in [0.05, 0.1) is 22.8 Å². The van der Waals surface area contributed by atoms with Crippen molar-refractivity contribution < 1.29 is 5.11 Å². The lowest BCUT2D eigenvalue weighted by Gasteiger charge is -2.10. The maximum atomic E-state index is 10.3. The molecule has 3 aromatic carbocycles. The third-order valence-corrected chi connectivity index (χ3v) is 4.88. The van der Waals surface area contributed by atoms with Crippen LogP contribution in [0.4, 0.5) is 11.4 Å². The summed E-state index contributed by atoms with van der Waals surface area (Å²) in [7, 11) is 0. The molecule has 1 aliphatic heterocycles. The average molecular weight is 426 g/mol. The maximum absolute atomic E-state index is 10.3. The monoisotopic (exact) mass is 424 g/mol. The Hall–Kier alpha value is -2.43. The molecule has 0 atom stereocenters. The molecule has 3 aromatic rings. The zero-order valence-electron chi connectivity index (χ0n) is 13.7. The summed E-state index contributed by atoms with van der Waals surface area (Å²) >= 11 is 9.67. The standard InChI is InChI=1S/C21H14BrClN2O/c22-14-5-3-4-13(10-14)19-12-20(16-11-15(23)8-9-21(16)26)25-18-7-2-1-6-17(18)24-19/h1-11,26H,12H2. The summed E-state index contributed by atoms with van der Waals surface area (Å²) in [5.41, 5.74) is 4.82. The number of aromatic hydroxyl groups is 1. The summed E-state index contributed by atoms with van der Waals surface area (Å²) in [5, 5.41) is 10.9. The van der Waals surface area contributed by atoms with Crippen molar-refractivity contribution in [3.05, 3.63) is 87.4 Å². The van der Waals surface area contributed by atoms with E-state index >= 15 is 0 Å². The van der Waals surface area contributed by atoms with Gasteiger partial charge in [0, 0.05) is 21.5 Å². The first-order chi connectivity index (χ1) is 12.6. The summed E-state index contributed by atoms with van der Waals surface area (Å²) < 4.78 is 0.985. The number of fused-ring (bicyclic) bond motifs is 1. The average Bonchev–Trinajstić information content (AvgIpc) is 2.83. The van der Waals surface area contributed by atoms with E-state index in [9.17, 15) is 5.11 Å². The first kappa shape index (κ1) is 17.0. The smallest absolute Gasteiger partial charge is 0.124 e. The van der Waals surface area contributed by atoms with E-state index in [0.717, 1.165) is 32.8 Å². The zero-order chi connectivity index (χ0) is 18.1. The summed E-state index contributed by atoms with van der Waals surface area (Å²) in [4.78, 5) is 9.63. The van der Waals surface area contributed by atoms with E-state index in [0.29, 0.717) is 17.0 Å². The van der Waals surface area contributed by atoms with Crippen LogP contribution in [0.15, 0.2) is 81.2 Å². The first-order valence-corrected chi connectivity index (χ1v) is 9.26. The van der Waals surface area contributed by atoms with E-state index in [1.807, 2.05) is 48.5 Å². The van der Waals surface area contributed by atoms with E-state index in [1.54, 1.807) is 18.2 Å². The van der Waals surface area contributed by atoms with Crippen LogP contribution in [-0.4, -0.2) is 16.5 Å². The molecule has 0 bridgehead atoms. The molecule has 0 radical (unpaired) electrons. The van der Waals surface area contributed by atoms with Gasteiger partial charge in [-0.2, -0.15) is 0 Å². The van der Waals surface area contributed by atoms with Crippen LogP contribution in [0.1, 0.15) is 17.5 Å². The van der Waals surface area contributed by atoms with Crippen molar-refractivity contribution in [1.29, 1.82) is 0 Å². The van der Waals surface area contributed by atoms with E-state index in [2.05, 4.69) is 15.9 Å². The molecule has 0 saturated carbocycles. The molecule has 3 nitrogen and oxygen atoms in total. The van der Waals surface area contributed by atoms with Crippen molar-refractivity contribution in [2.24, 2.45) is 9.98 Å². The van der Waals surface area contributed by atoms with Crippen molar-refractivity contribution in [1.82, 2.24) is 0 Å². The van der Waals surface area contributed by atoms with E-state index in [1.165, 1.54) is 0 Å². The van der Waals surface area contributed by atoms with Crippen molar-refractivity contribution in [3.63, 3.8) is 0 Å². The highest BCUT2D eigenvalue weighted by Gasteiger charge is 2.19. The molecule has 26 heavy (non-hydrogen) atoms. The molecule has 128 valence electrons. The van der Waals surface area contributed by atoms with Crippen LogP contribution < -0.4 is 0 Å². The molecule has 1 heterocycles. The molecule has 0 aromatic heterocycles. The number of aliphatic imine (C=N–C) groups is 2. The minimum absolute atomic E-state index is 0.154. The molecule has 1 aliphatic rings. The fourth-order valence-corrected chi connectivity index (χ4v) is 3.48. The second-order valence-electron chi connectivity index (χ2n) is 5.95. The summed E-state index contributed by atoms with van der Waals surface area (Å²) in [5.74, 6) is 0.154. The molecular weight excluding hydrogens is 412 g/mol. The van der Waals surface area contributed by atoms with Gasteiger partial charge >= 0.3 is 0 Å². The number of rotatable bonds is 2. The number of halogens is 2. The lowest BCUT2D eigenvalue weighted by molar-refractivity contribution is 0.474. The van der Waals surface area contributed by atoms with Gasteiger partial charge in [-0.15, -0.1) is 0 Å². The highest BCUT2D eigenvalue weighted by molar-refractivity contribution is 9.10. The topological polar surface area (TPSA) is 45.0 Å². The Labute approximate surface area is 164 Å². The molecule has 0 spiro atoms. The maximum Gasteiger partial charge on any atom is 0.124 e. The molecule has 0 unspecified atom stereocenters. The summed E-state index contributed by atoms with van der Waals surface area (Å²) in [6, 6.07) is 20.7. The minimum Gasteiger partial charge on any atom is -0.507 e.